The van der Waals surface area contributed by atoms with Gasteiger partial charge in [0.1, 0.15) is 0 Å². The van der Waals surface area contributed by atoms with Crippen molar-refractivity contribution in [1.82, 2.24) is 14.7 Å². The van der Waals surface area contributed by atoms with Crippen molar-refractivity contribution in [1.29, 1.82) is 0 Å². The van der Waals surface area contributed by atoms with Crippen LogP contribution in [0.3, 0.4) is 0 Å². The van der Waals surface area contributed by atoms with E-state index in [2.05, 4.69) is 31.7 Å². The molecule has 0 radical (unpaired) electrons. The van der Waals surface area contributed by atoms with Crippen molar-refractivity contribution in [3.63, 3.8) is 0 Å². The van der Waals surface area contributed by atoms with Crippen LogP contribution in [0.15, 0.2) is 11.6 Å². The molecule has 5 heteroatoms. The Balaban J connectivity index is 1.85. The van der Waals surface area contributed by atoms with Crippen molar-refractivity contribution < 1.29 is 9.59 Å². The van der Waals surface area contributed by atoms with Gasteiger partial charge in [-0.3, -0.25) is 14.5 Å². The summed E-state index contributed by atoms with van der Waals surface area (Å²) in [5, 5.41) is 0. The van der Waals surface area contributed by atoms with E-state index in [0.29, 0.717) is 17.8 Å². The Morgan fingerprint density at radius 3 is 2.32 bits per heavy atom. The zero-order valence-electron chi connectivity index (χ0n) is 16.6. The van der Waals surface area contributed by atoms with Gasteiger partial charge in [0, 0.05) is 59.7 Å². The Morgan fingerprint density at radius 1 is 1.16 bits per heavy atom. The SMILES string of the molecule is CC(=O)N1CCN(CCN(C[C@H]2[C@H](C)CC(C)=C[C@@H]2C)C(C)=O)CC1. The van der Waals surface area contributed by atoms with Gasteiger partial charge in [0.25, 0.3) is 0 Å². The number of carbonyl (C=O) groups is 2. The van der Waals surface area contributed by atoms with Gasteiger partial charge in [0.05, 0.1) is 0 Å². The molecule has 1 aliphatic carbocycles. The monoisotopic (exact) mass is 349 g/mol. The fourth-order valence-corrected chi connectivity index (χ4v) is 4.34. The smallest absolute Gasteiger partial charge is 0.219 e. The van der Waals surface area contributed by atoms with E-state index in [0.717, 1.165) is 52.2 Å². The van der Waals surface area contributed by atoms with Crippen LogP contribution in [0, 0.1) is 17.8 Å². The summed E-state index contributed by atoms with van der Waals surface area (Å²) >= 11 is 0. The minimum absolute atomic E-state index is 0.161. The van der Waals surface area contributed by atoms with Crippen LogP contribution < -0.4 is 0 Å². The Labute approximate surface area is 153 Å². The third kappa shape index (κ3) is 5.56. The first-order valence-corrected chi connectivity index (χ1v) is 9.68. The van der Waals surface area contributed by atoms with E-state index in [1.165, 1.54) is 5.57 Å². The molecule has 5 nitrogen and oxygen atoms in total. The molecule has 2 aliphatic rings. The fraction of sp³-hybridized carbons (Fsp3) is 0.800. The highest BCUT2D eigenvalue weighted by molar-refractivity contribution is 5.73. The van der Waals surface area contributed by atoms with Gasteiger partial charge in [0.2, 0.25) is 11.8 Å². The maximum atomic E-state index is 12.1. The molecule has 0 aromatic rings. The molecule has 25 heavy (non-hydrogen) atoms. The molecule has 1 fully saturated rings. The predicted octanol–water partition coefficient (Wildman–Crippen LogP) is 2.24. The molecule has 0 unspecified atom stereocenters. The summed E-state index contributed by atoms with van der Waals surface area (Å²) in [5.74, 6) is 2.04. The normalized spacial score (nSPS) is 27.8. The van der Waals surface area contributed by atoms with E-state index in [4.69, 9.17) is 0 Å². The van der Waals surface area contributed by atoms with Crippen molar-refractivity contribution in [2.24, 2.45) is 17.8 Å². The largest absolute Gasteiger partial charge is 0.341 e. The lowest BCUT2D eigenvalue weighted by Gasteiger charge is -2.38. The summed E-state index contributed by atoms with van der Waals surface area (Å²) in [6, 6.07) is 0. The van der Waals surface area contributed by atoms with Crippen molar-refractivity contribution in [3.05, 3.63) is 11.6 Å². The molecule has 1 aliphatic heterocycles. The molecule has 0 spiro atoms. The Kier molecular flexibility index (Phi) is 7.05. The van der Waals surface area contributed by atoms with Crippen molar-refractivity contribution in [2.45, 2.75) is 41.0 Å². The van der Waals surface area contributed by atoms with Crippen molar-refractivity contribution >= 4 is 11.8 Å². The fourth-order valence-electron chi connectivity index (χ4n) is 4.34. The van der Waals surface area contributed by atoms with Crippen LogP contribution in [0.2, 0.25) is 0 Å². The molecular weight excluding hydrogens is 314 g/mol. The molecule has 2 rings (SSSR count). The predicted molar refractivity (Wildman–Crippen MR) is 101 cm³/mol. The third-order valence-corrected chi connectivity index (χ3v) is 5.98. The van der Waals surface area contributed by atoms with Crippen LogP contribution in [0.1, 0.15) is 41.0 Å². The van der Waals surface area contributed by atoms with E-state index < -0.39 is 0 Å². The lowest BCUT2D eigenvalue weighted by Crippen LogP contribution is -2.50. The summed E-state index contributed by atoms with van der Waals surface area (Å²) in [6.07, 6.45) is 3.53. The number of carbonyl (C=O) groups excluding carboxylic acids is 2. The molecule has 3 atom stereocenters. The molecule has 2 amide bonds. The molecule has 1 saturated heterocycles. The number of nitrogens with zero attached hydrogens (tertiary/aromatic N) is 3. The lowest BCUT2D eigenvalue weighted by atomic mass is 9.75. The maximum absolute atomic E-state index is 12.1. The van der Waals surface area contributed by atoms with Gasteiger partial charge in [-0.1, -0.05) is 25.5 Å². The quantitative estimate of drug-likeness (QED) is 0.715. The van der Waals surface area contributed by atoms with Crippen LogP contribution >= 0.6 is 0 Å². The van der Waals surface area contributed by atoms with Gasteiger partial charge in [-0.15, -0.1) is 0 Å². The second-order valence-electron chi connectivity index (χ2n) is 8.03. The minimum Gasteiger partial charge on any atom is -0.341 e. The number of hydrogen-bond acceptors (Lipinski definition) is 3. The molecule has 142 valence electrons. The zero-order valence-corrected chi connectivity index (χ0v) is 16.6. The van der Waals surface area contributed by atoms with Crippen molar-refractivity contribution in [3.8, 4) is 0 Å². The highest BCUT2D eigenvalue weighted by Gasteiger charge is 2.29. The highest BCUT2D eigenvalue weighted by Crippen LogP contribution is 2.34. The second-order valence-corrected chi connectivity index (χ2v) is 8.03. The summed E-state index contributed by atoms with van der Waals surface area (Å²) in [6.45, 7) is 16.1. The Bertz CT molecular complexity index is 509. The molecule has 1 heterocycles. The Morgan fingerprint density at radius 2 is 1.80 bits per heavy atom. The van der Waals surface area contributed by atoms with Crippen LogP contribution in [0.4, 0.5) is 0 Å². The summed E-state index contributed by atoms with van der Waals surface area (Å²) in [5.41, 5.74) is 1.48. The number of piperazine rings is 1. The molecule has 0 aromatic carbocycles. The molecule has 0 N–H and O–H groups in total. The molecule has 0 bridgehead atoms. The number of amides is 2. The topological polar surface area (TPSA) is 43.9 Å². The van der Waals surface area contributed by atoms with Gasteiger partial charge >= 0.3 is 0 Å². The maximum Gasteiger partial charge on any atom is 0.219 e. The van der Waals surface area contributed by atoms with Gasteiger partial charge in [-0.25, -0.2) is 0 Å². The number of hydrogen-bond donors (Lipinski definition) is 0. The van der Waals surface area contributed by atoms with E-state index in [9.17, 15) is 9.59 Å². The third-order valence-electron chi connectivity index (χ3n) is 5.98. The standard InChI is InChI=1S/C20H35N3O2/c1-15-12-16(2)20(17(3)13-15)14-23(19(5)25)11-8-21-6-9-22(10-7-21)18(4)24/h12,16-17,20H,6-11,13-14H2,1-5H3/t16-,17+,20+/m0/s1. The molecular formula is C20H35N3O2. The number of rotatable bonds is 5. The molecule has 0 aromatic heterocycles. The average molecular weight is 350 g/mol. The van der Waals surface area contributed by atoms with E-state index in [-0.39, 0.29) is 11.8 Å². The zero-order chi connectivity index (χ0) is 18.6. The van der Waals surface area contributed by atoms with Crippen LogP contribution in [-0.4, -0.2) is 72.3 Å². The first-order chi connectivity index (χ1) is 11.8. The van der Waals surface area contributed by atoms with Crippen LogP contribution in [0.25, 0.3) is 0 Å². The van der Waals surface area contributed by atoms with Crippen LogP contribution in [0.5, 0.6) is 0 Å². The summed E-state index contributed by atoms with van der Waals surface area (Å²) < 4.78 is 0. The number of allylic oxidation sites excluding steroid dienone is 2. The summed E-state index contributed by atoms with van der Waals surface area (Å²) in [4.78, 5) is 29.9. The average Bonchev–Trinajstić information content (AvgIpc) is 2.53. The van der Waals surface area contributed by atoms with Gasteiger partial charge in [-0.05, 0) is 31.1 Å². The Hall–Kier alpha value is -1.36. The van der Waals surface area contributed by atoms with E-state index in [1.54, 1.807) is 13.8 Å². The van der Waals surface area contributed by atoms with Crippen molar-refractivity contribution in [2.75, 3.05) is 45.8 Å². The van der Waals surface area contributed by atoms with E-state index in [1.807, 2.05) is 9.80 Å². The van der Waals surface area contributed by atoms with Gasteiger partial charge in [0.15, 0.2) is 0 Å². The van der Waals surface area contributed by atoms with Gasteiger partial charge < -0.3 is 9.80 Å². The lowest BCUT2D eigenvalue weighted by molar-refractivity contribution is -0.130. The highest BCUT2D eigenvalue weighted by atomic mass is 16.2. The van der Waals surface area contributed by atoms with Crippen LogP contribution in [-0.2, 0) is 9.59 Å². The minimum atomic E-state index is 0.161. The molecule has 0 saturated carbocycles. The van der Waals surface area contributed by atoms with Gasteiger partial charge in [-0.2, -0.15) is 0 Å². The first kappa shape index (κ1) is 20.0. The van der Waals surface area contributed by atoms with E-state index >= 15 is 0 Å². The second kappa shape index (κ2) is 8.84. The first-order valence-electron chi connectivity index (χ1n) is 9.68. The summed E-state index contributed by atoms with van der Waals surface area (Å²) in [7, 11) is 0.